The van der Waals surface area contributed by atoms with Crippen LogP contribution in [0.25, 0.3) is 0 Å². The first-order valence-electron chi connectivity index (χ1n) is 9.40. The van der Waals surface area contributed by atoms with Crippen molar-refractivity contribution < 1.29 is 9.59 Å². The minimum Gasteiger partial charge on any atom is -0.338 e. The van der Waals surface area contributed by atoms with Gasteiger partial charge in [0.05, 0.1) is 6.54 Å². The van der Waals surface area contributed by atoms with E-state index in [0.717, 1.165) is 12.2 Å². The summed E-state index contributed by atoms with van der Waals surface area (Å²) in [5.74, 6) is 0.0986. The number of piperazine rings is 1. The lowest BCUT2D eigenvalue weighted by Crippen LogP contribution is -2.53. The number of amides is 3. The van der Waals surface area contributed by atoms with Gasteiger partial charge in [0.1, 0.15) is 0 Å². The summed E-state index contributed by atoms with van der Waals surface area (Å²) in [6.45, 7) is 7.77. The molecule has 1 aromatic carbocycles. The summed E-state index contributed by atoms with van der Waals surface area (Å²) in [6.07, 6.45) is 1.83. The summed E-state index contributed by atoms with van der Waals surface area (Å²) >= 11 is 1.69. The Hall–Kier alpha value is -2.64. The summed E-state index contributed by atoms with van der Waals surface area (Å²) < 4.78 is 0. The molecule has 0 radical (unpaired) electrons. The van der Waals surface area contributed by atoms with Crippen LogP contribution in [-0.2, 0) is 11.3 Å². The number of hydrogen-bond acceptors (Lipinski definition) is 4. The Balaban J connectivity index is 1.47. The van der Waals surface area contributed by atoms with E-state index in [0.29, 0.717) is 39.3 Å². The Morgan fingerprint density at radius 1 is 1.07 bits per heavy atom. The molecule has 2 heterocycles. The van der Waals surface area contributed by atoms with Crippen LogP contribution in [0.2, 0.25) is 0 Å². The fourth-order valence-electron chi connectivity index (χ4n) is 3.16. The number of hydrogen-bond donors (Lipinski definition) is 1. The van der Waals surface area contributed by atoms with Crippen molar-refractivity contribution in [2.45, 2.75) is 6.54 Å². The van der Waals surface area contributed by atoms with Crippen LogP contribution in [-0.4, -0.2) is 65.9 Å². The van der Waals surface area contributed by atoms with Gasteiger partial charge in [-0.1, -0.05) is 30.3 Å². The lowest BCUT2D eigenvalue weighted by molar-refractivity contribution is -0.133. The van der Waals surface area contributed by atoms with Gasteiger partial charge in [-0.15, -0.1) is 17.9 Å². The molecule has 1 aliphatic heterocycles. The fourth-order valence-corrected chi connectivity index (χ4v) is 3.91. The molecule has 2 aromatic rings. The highest BCUT2D eigenvalue weighted by atomic mass is 32.1. The highest BCUT2D eigenvalue weighted by molar-refractivity contribution is 7.09. The number of nitrogens with zero attached hydrogens (tertiary/aromatic N) is 3. The number of nitrogens with one attached hydrogen (secondary N) is 1. The van der Waals surface area contributed by atoms with Gasteiger partial charge in [-0.3, -0.25) is 9.69 Å². The number of anilines is 1. The predicted molar refractivity (Wildman–Crippen MR) is 113 cm³/mol. The zero-order valence-electron chi connectivity index (χ0n) is 15.9. The molecular formula is C21H26N4O2S. The maximum Gasteiger partial charge on any atom is 0.321 e. The van der Waals surface area contributed by atoms with E-state index in [4.69, 9.17) is 0 Å². The van der Waals surface area contributed by atoms with Crippen LogP contribution >= 0.6 is 11.3 Å². The summed E-state index contributed by atoms with van der Waals surface area (Å²) in [4.78, 5) is 32.0. The number of rotatable bonds is 7. The Bertz CT molecular complexity index is 771. The molecule has 1 N–H and O–H groups in total. The highest BCUT2D eigenvalue weighted by Crippen LogP contribution is 2.13. The molecule has 1 aliphatic rings. The van der Waals surface area contributed by atoms with Gasteiger partial charge < -0.3 is 15.1 Å². The number of para-hydroxylation sites is 1. The van der Waals surface area contributed by atoms with Crippen molar-refractivity contribution in [3.63, 3.8) is 0 Å². The molecule has 1 aromatic heterocycles. The second-order valence-corrected chi connectivity index (χ2v) is 7.73. The van der Waals surface area contributed by atoms with E-state index in [1.54, 1.807) is 16.2 Å². The lowest BCUT2D eigenvalue weighted by atomic mass is 10.3. The third-order valence-corrected chi connectivity index (χ3v) is 5.51. The third kappa shape index (κ3) is 5.68. The molecular weight excluding hydrogens is 372 g/mol. The minimum atomic E-state index is -0.121. The van der Waals surface area contributed by atoms with E-state index < -0.39 is 0 Å². The summed E-state index contributed by atoms with van der Waals surface area (Å²) in [6, 6.07) is 13.4. The Morgan fingerprint density at radius 2 is 1.79 bits per heavy atom. The molecule has 0 bridgehead atoms. The quantitative estimate of drug-likeness (QED) is 0.729. The van der Waals surface area contributed by atoms with E-state index >= 15 is 0 Å². The molecule has 0 saturated carbocycles. The van der Waals surface area contributed by atoms with Crippen molar-refractivity contribution in [2.75, 3.05) is 44.6 Å². The van der Waals surface area contributed by atoms with Crippen LogP contribution in [0.4, 0.5) is 10.5 Å². The smallest absolute Gasteiger partial charge is 0.321 e. The number of thiophene rings is 1. The number of carbonyl (C=O) groups excluding carboxylic acids is 2. The molecule has 6 nitrogen and oxygen atoms in total. The van der Waals surface area contributed by atoms with Crippen LogP contribution in [0.1, 0.15) is 4.88 Å². The fraction of sp³-hybridized carbons (Fsp3) is 0.333. The minimum absolute atomic E-state index is 0.0986. The van der Waals surface area contributed by atoms with Gasteiger partial charge in [-0.2, -0.15) is 0 Å². The topological polar surface area (TPSA) is 55.9 Å². The average Bonchev–Trinajstić information content (AvgIpc) is 3.22. The predicted octanol–water partition coefficient (Wildman–Crippen LogP) is 3.11. The maximum absolute atomic E-state index is 12.7. The van der Waals surface area contributed by atoms with Gasteiger partial charge in [0.25, 0.3) is 0 Å². The molecule has 0 aliphatic carbocycles. The molecule has 0 atom stereocenters. The Kier molecular flexibility index (Phi) is 7.22. The average molecular weight is 399 g/mol. The third-order valence-electron chi connectivity index (χ3n) is 4.65. The van der Waals surface area contributed by atoms with Crippen molar-refractivity contribution in [2.24, 2.45) is 0 Å². The normalized spacial score (nSPS) is 14.2. The van der Waals surface area contributed by atoms with Crippen LogP contribution in [0.15, 0.2) is 60.5 Å². The zero-order chi connectivity index (χ0) is 19.8. The van der Waals surface area contributed by atoms with Crippen LogP contribution in [0.5, 0.6) is 0 Å². The molecule has 1 fully saturated rings. The zero-order valence-corrected chi connectivity index (χ0v) is 16.7. The van der Waals surface area contributed by atoms with Crippen molar-refractivity contribution in [1.82, 2.24) is 14.7 Å². The van der Waals surface area contributed by atoms with Crippen molar-refractivity contribution >= 4 is 29.0 Å². The van der Waals surface area contributed by atoms with Gasteiger partial charge in [0, 0.05) is 49.8 Å². The molecule has 3 rings (SSSR count). The first kappa shape index (κ1) is 20.1. The molecule has 148 valence electrons. The molecule has 0 spiro atoms. The van der Waals surface area contributed by atoms with Crippen molar-refractivity contribution in [3.05, 3.63) is 65.4 Å². The summed E-state index contributed by atoms with van der Waals surface area (Å²) in [5.41, 5.74) is 0.777. The number of carbonyl (C=O) groups is 2. The van der Waals surface area contributed by atoms with E-state index in [-0.39, 0.29) is 11.9 Å². The standard InChI is InChI=1S/C21H26N4O2S/c1-2-10-23(16-19-9-6-15-28-19)17-20(26)24-11-13-25(14-12-24)21(27)22-18-7-4-3-5-8-18/h2-9,15H,1,10-14,16-17H2,(H,22,27). The monoisotopic (exact) mass is 398 g/mol. The van der Waals surface area contributed by atoms with Gasteiger partial charge in [-0.25, -0.2) is 4.79 Å². The molecule has 7 heteroatoms. The van der Waals surface area contributed by atoms with E-state index in [1.807, 2.05) is 52.8 Å². The number of urea groups is 1. The molecule has 0 unspecified atom stereocenters. The highest BCUT2D eigenvalue weighted by Gasteiger charge is 2.25. The van der Waals surface area contributed by atoms with Gasteiger partial charge >= 0.3 is 6.03 Å². The SMILES string of the molecule is C=CCN(CC(=O)N1CCN(C(=O)Nc2ccccc2)CC1)Cc1cccs1. The Labute approximate surface area is 170 Å². The van der Waals surface area contributed by atoms with Gasteiger partial charge in [-0.05, 0) is 23.6 Å². The largest absolute Gasteiger partial charge is 0.338 e. The van der Waals surface area contributed by atoms with Crippen LogP contribution in [0.3, 0.4) is 0 Å². The molecule has 1 saturated heterocycles. The Morgan fingerprint density at radius 3 is 2.43 bits per heavy atom. The van der Waals surface area contributed by atoms with E-state index in [9.17, 15) is 9.59 Å². The first-order valence-corrected chi connectivity index (χ1v) is 10.3. The van der Waals surface area contributed by atoms with Crippen LogP contribution < -0.4 is 5.32 Å². The second kappa shape index (κ2) is 10.1. The number of benzene rings is 1. The van der Waals surface area contributed by atoms with E-state index in [2.05, 4.69) is 22.9 Å². The summed E-state index contributed by atoms with van der Waals surface area (Å²) in [7, 11) is 0. The second-order valence-electron chi connectivity index (χ2n) is 6.70. The lowest BCUT2D eigenvalue weighted by Gasteiger charge is -2.35. The van der Waals surface area contributed by atoms with Crippen molar-refractivity contribution in [3.8, 4) is 0 Å². The maximum atomic E-state index is 12.7. The van der Waals surface area contributed by atoms with E-state index in [1.165, 1.54) is 4.88 Å². The molecule has 3 amide bonds. The van der Waals surface area contributed by atoms with Crippen molar-refractivity contribution in [1.29, 1.82) is 0 Å². The molecule has 28 heavy (non-hydrogen) atoms. The van der Waals surface area contributed by atoms with Crippen LogP contribution in [0, 0.1) is 0 Å². The first-order chi connectivity index (χ1) is 13.7. The summed E-state index contributed by atoms with van der Waals surface area (Å²) in [5, 5.41) is 4.94. The van der Waals surface area contributed by atoms with Gasteiger partial charge in [0.15, 0.2) is 0 Å². The van der Waals surface area contributed by atoms with Gasteiger partial charge in [0.2, 0.25) is 5.91 Å².